The van der Waals surface area contributed by atoms with Crippen LogP contribution in [0.5, 0.6) is 0 Å². The van der Waals surface area contributed by atoms with Crippen LogP contribution in [0.3, 0.4) is 0 Å². The lowest BCUT2D eigenvalue weighted by molar-refractivity contribution is 0.0756. The predicted octanol–water partition coefficient (Wildman–Crippen LogP) is 5.54. The Kier molecular flexibility index (Phi) is 9.15. The number of halogens is 2. The molecule has 2 N–H and O–H groups in total. The summed E-state index contributed by atoms with van der Waals surface area (Å²) in [5.41, 5.74) is 4.13. The van der Waals surface area contributed by atoms with Gasteiger partial charge in [-0.25, -0.2) is 23.7 Å². The zero-order chi connectivity index (χ0) is 31.2. The minimum absolute atomic E-state index is 0.0464. The molecule has 224 valence electrons. The summed E-state index contributed by atoms with van der Waals surface area (Å²) in [6.07, 6.45) is 6.02. The molecule has 1 amide bonds. The number of H-pyrrole nitrogens is 1. The van der Waals surface area contributed by atoms with Crippen molar-refractivity contribution in [3.8, 4) is 0 Å². The fourth-order valence-corrected chi connectivity index (χ4v) is 4.75. The third-order valence-corrected chi connectivity index (χ3v) is 6.76. The second-order valence-corrected chi connectivity index (χ2v) is 10.8. The number of aromatic nitrogens is 4. The average Bonchev–Trinajstić information content (AvgIpc) is 2.99. The molecule has 3 aromatic carbocycles. The maximum absolute atomic E-state index is 13.9. The summed E-state index contributed by atoms with van der Waals surface area (Å²) in [6, 6.07) is 17.3. The maximum Gasteiger partial charge on any atom is 0.263 e. The van der Waals surface area contributed by atoms with Crippen molar-refractivity contribution in [1.82, 2.24) is 29.7 Å². The van der Waals surface area contributed by atoms with Crippen LogP contribution < -0.4 is 10.9 Å². The van der Waals surface area contributed by atoms with Gasteiger partial charge in [0, 0.05) is 43.1 Å². The Morgan fingerprint density at radius 3 is 2.45 bits per heavy atom. The van der Waals surface area contributed by atoms with Gasteiger partial charge in [-0.05, 0) is 74.1 Å². The SMILES string of the molecule is C/C(=C\c1ccc2nc(Nc3ccc(CN(C)C)cc3)ncc2c1)CN(Cc1ccc(F)c(F)c1)C(=O)c1cnc[nH]c1=O. The number of hydrogen-bond donors (Lipinski definition) is 2. The number of nitrogens with zero attached hydrogens (tertiary/aromatic N) is 5. The minimum Gasteiger partial charge on any atom is -0.330 e. The highest BCUT2D eigenvalue weighted by molar-refractivity contribution is 5.93. The summed E-state index contributed by atoms with van der Waals surface area (Å²) in [5, 5.41) is 4.07. The number of benzene rings is 3. The van der Waals surface area contributed by atoms with E-state index in [2.05, 4.69) is 42.3 Å². The van der Waals surface area contributed by atoms with Crippen LogP contribution in [0, 0.1) is 11.6 Å². The molecule has 0 aliphatic heterocycles. The molecule has 9 nitrogen and oxygen atoms in total. The third-order valence-electron chi connectivity index (χ3n) is 6.76. The van der Waals surface area contributed by atoms with E-state index >= 15 is 0 Å². The number of rotatable bonds is 10. The van der Waals surface area contributed by atoms with Gasteiger partial charge in [0.25, 0.3) is 11.5 Å². The lowest BCUT2D eigenvalue weighted by atomic mass is 10.1. The monoisotopic (exact) mass is 595 g/mol. The van der Waals surface area contributed by atoms with Crippen LogP contribution in [0.15, 0.2) is 89.8 Å². The summed E-state index contributed by atoms with van der Waals surface area (Å²) >= 11 is 0. The van der Waals surface area contributed by atoms with Crippen molar-refractivity contribution < 1.29 is 13.6 Å². The molecule has 11 heteroatoms. The average molecular weight is 596 g/mol. The van der Waals surface area contributed by atoms with E-state index < -0.39 is 23.1 Å². The number of carbonyl (C=O) groups excluding carboxylic acids is 1. The van der Waals surface area contributed by atoms with Gasteiger partial charge in [-0.15, -0.1) is 0 Å². The maximum atomic E-state index is 13.9. The van der Waals surface area contributed by atoms with Gasteiger partial charge in [-0.2, -0.15) is 0 Å². The Morgan fingerprint density at radius 1 is 0.955 bits per heavy atom. The first-order valence-corrected chi connectivity index (χ1v) is 13.8. The van der Waals surface area contributed by atoms with Crippen LogP contribution in [0.2, 0.25) is 0 Å². The number of hydrogen-bond acceptors (Lipinski definition) is 7. The first kappa shape index (κ1) is 30.2. The van der Waals surface area contributed by atoms with Crippen molar-refractivity contribution >= 4 is 34.5 Å². The van der Waals surface area contributed by atoms with Crippen molar-refractivity contribution in [3.05, 3.63) is 129 Å². The summed E-state index contributed by atoms with van der Waals surface area (Å²) in [5.74, 6) is -2.11. The van der Waals surface area contributed by atoms with Crippen LogP contribution in [0.4, 0.5) is 20.4 Å². The van der Waals surface area contributed by atoms with Crippen molar-refractivity contribution in [2.24, 2.45) is 0 Å². The van der Waals surface area contributed by atoms with Gasteiger partial charge in [0.05, 0.1) is 11.8 Å². The largest absolute Gasteiger partial charge is 0.330 e. The zero-order valence-electron chi connectivity index (χ0n) is 24.5. The van der Waals surface area contributed by atoms with Crippen LogP contribution in [-0.2, 0) is 13.1 Å². The number of nitrogens with one attached hydrogen (secondary N) is 2. The summed E-state index contributed by atoms with van der Waals surface area (Å²) < 4.78 is 27.4. The van der Waals surface area contributed by atoms with Gasteiger partial charge >= 0.3 is 0 Å². The summed E-state index contributed by atoms with van der Waals surface area (Å²) in [4.78, 5) is 44.5. The van der Waals surface area contributed by atoms with E-state index in [1.165, 1.54) is 29.1 Å². The van der Waals surface area contributed by atoms with Gasteiger partial charge < -0.3 is 20.1 Å². The highest BCUT2D eigenvalue weighted by Crippen LogP contribution is 2.21. The van der Waals surface area contributed by atoms with E-state index in [0.29, 0.717) is 11.5 Å². The lowest BCUT2D eigenvalue weighted by Gasteiger charge is -2.23. The lowest BCUT2D eigenvalue weighted by Crippen LogP contribution is -2.35. The van der Waals surface area contributed by atoms with Crippen LogP contribution in [-0.4, -0.2) is 56.3 Å². The molecule has 2 heterocycles. The van der Waals surface area contributed by atoms with Crippen LogP contribution >= 0.6 is 0 Å². The fourth-order valence-electron chi connectivity index (χ4n) is 4.75. The highest BCUT2D eigenvalue weighted by atomic mass is 19.2. The van der Waals surface area contributed by atoms with E-state index in [-0.39, 0.29) is 18.7 Å². The van der Waals surface area contributed by atoms with E-state index in [0.717, 1.165) is 46.4 Å². The first-order valence-electron chi connectivity index (χ1n) is 13.8. The van der Waals surface area contributed by atoms with E-state index in [9.17, 15) is 18.4 Å². The van der Waals surface area contributed by atoms with Gasteiger partial charge in [-0.3, -0.25) is 9.59 Å². The molecule has 0 aliphatic carbocycles. The second kappa shape index (κ2) is 13.3. The van der Waals surface area contributed by atoms with Crippen molar-refractivity contribution in [1.29, 1.82) is 0 Å². The normalized spacial score (nSPS) is 11.6. The van der Waals surface area contributed by atoms with Crippen LogP contribution in [0.25, 0.3) is 17.0 Å². The Labute approximate surface area is 252 Å². The van der Waals surface area contributed by atoms with E-state index in [4.69, 9.17) is 0 Å². The van der Waals surface area contributed by atoms with Gasteiger partial charge in [0.1, 0.15) is 5.56 Å². The Bertz CT molecular complexity index is 1890. The molecule has 2 aromatic heterocycles. The van der Waals surface area contributed by atoms with Gasteiger partial charge in [0.15, 0.2) is 11.6 Å². The Balaban J connectivity index is 1.34. The standard InChI is InChI=1S/C33H31F2N7O2/c1-21(17-42(19-24-6-10-28(34)29(35)14-24)32(44)27-16-36-20-38-31(27)43)12-23-7-11-30-25(13-23)15-37-33(40-30)39-26-8-4-22(5-9-26)18-41(2)3/h4-16,20H,17-19H2,1-3H3,(H,36,38,43)(H,37,39,40)/b21-12+. The number of carbonyl (C=O) groups is 1. The summed E-state index contributed by atoms with van der Waals surface area (Å²) in [6.45, 7) is 2.78. The van der Waals surface area contributed by atoms with Gasteiger partial charge in [0.2, 0.25) is 5.95 Å². The molecule has 0 spiro atoms. The number of amides is 1. The first-order chi connectivity index (χ1) is 21.1. The molecule has 0 atom stereocenters. The van der Waals surface area contributed by atoms with Gasteiger partial charge in [-0.1, -0.05) is 35.9 Å². The van der Waals surface area contributed by atoms with E-state index in [1.807, 2.05) is 57.4 Å². The number of aromatic amines is 1. The third kappa shape index (κ3) is 7.56. The number of anilines is 2. The zero-order valence-corrected chi connectivity index (χ0v) is 24.5. The predicted molar refractivity (Wildman–Crippen MR) is 166 cm³/mol. The van der Waals surface area contributed by atoms with Crippen LogP contribution in [0.1, 0.15) is 34.0 Å². The molecular weight excluding hydrogens is 564 g/mol. The van der Waals surface area contributed by atoms with E-state index in [1.54, 1.807) is 6.20 Å². The summed E-state index contributed by atoms with van der Waals surface area (Å²) in [7, 11) is 4.06. The molecular formula is C33H31F2N7O2. The molecule has 0 radical (unpaired) electrons. The smallest absolute Gasteiger partial charge is 0.263 e. The molecule has 0 fully saturated rings. The van der Waals surface area contributed by atoms with Crippen molar-refractivity contribution in [3.63, 3.8) is 0 Å². The molecule has 0 saturated carbocycles. The Morgan fingerprint density at radius 2 is 1.73 bits per heavy atom. The Hall–Kier alpha value is -5.29. The molecule has 5 rings (SSSR count). The highest BCUT2D eigenvalue weighted by Gasteiger charge is 2.20. The quantitative estimate of drug-likeness (QED) is 0.218. The molecule has 0 saturated heterocycles. The molecule has 44 heavy (non-hydrogen) atoms. The topological polar surface area (TPSA) is 107 Å². The van der Waals surface area contributed by atoms with Crippen molar-refractivity contribution in [2.75, 3.05) is 26.0 Å². The van der Waals surface area contributed by atoms with Crippen molar-refractivity contribution in [2.45, 2.75) is 20.0 Å². The molecule has 5 aromatic rings. The minimum atomic E-state index is -1.02. The molecule has 0 aliphatic rings. The number of fused-ring (bicyclic) bond motifs is 1. The second-order valence-electron chi connectivity index (χ2n) is 10.8. The fraction of sp³-hybridized carbons (Fsp3) is 0.182. The molecule has 0 unspecified atom stereocenters. The molecule has 0 bridgehead atoms.